The highest BCUT2D eigenvalue weighted by Gasteiger charge is 2.35. The summed E-state index contributed by atoms with van der Waals surface area (Å²) in [6.07, 6.45) is 5.94. The Labute approximate surface area is 238 Å². The molecule has 2 aromatic carbocycles. The zero-order valence-corrected chi connectivity index (χ0v) is 24.2. The highest BCUT2D eigenvalue weighted by Crippen LogP contribution is 2.34. The Hall–Kier alpha value is -3.39. The van der Waals surface area contributed by atoms with Crippen molar-refractivity contribution in [1.29, 1.82) is 0 Å². The van der Waals surface area contributed by atoms with Crippen molar-refractivity contribution in [2.24, 2.45) is 16.8 Å². The van der Waals surface area contributed by atoms with Crippen LogP contribution in [0.5, 0.6) is 0 Å². The van der Waals surface area contributed by atoms with Crippen molar-refractivity contribution in [2.45, 2.75) is 58.5 Å². The molecule has 8 heteroatoms. The fraction of sp³-hybridized carbons (Fsp3) is 0.531. The normalized spacial score (nSPS) is 20.9. The number of piperazine rings is 1. The second kappa shape index (κ2) is 12.9. The number of para-hydroxylation sites is 1. The molecule has 2 heterocycles. The zero-order valence-electron chi connectivity index (χ0n) is 24.2. The second-order valence-electron chi connectivity index (χ2n) is 11.9. The van der Waals surface area contributed by atoms with Gasteiger partial charge in [-0.3, -0.25) is 9.79 Å². The number of hydrogen-bond donors (Lipinski definition) is 2. The average Bonchev–Trinajstić information content (AvgIpc) is 3.28. The maximum Gasteiger partial charge on any atom is 0.321 e. The Kier molecular flexibility index (Phi) is 9.04. The largest absolute Gasteiger partial charge is 0.369 e. The van der Waals surface area contributed by atoms with Gasteiger partial charge in [-0.1, -0.05) is 63.8 Å². The van der Waals surface area contributed by atoms with Crippen molar-refractivity contribution < 1.29 is 9.59 Å². The standard InChI is InChI=1S/C32H44N6O2/c1-23(2)22-38-28-16-9-8-15-27(28)29(24-11-6-4-5-7-12-24)34-30(31(38)39)35-32(40)33-25-13-10-14-26(21-25)37-19-17-36(3)18-20-37/h8-10,13-16,21,23-24,30H,4-7,11-12,17-20,22H2,1-3H3,(H2,33,35,40). The molecule has 2 aliphatic heterocycles. The fourth-order valence-corrected chi connectivity index (χ4v) is 6.12. The minimum Gasteiger partial charge on any atom is -0.369 e. The van der Waals surface area contributed by atoms with Gasteiger partial charge >= 0.3 is 6.03 Å². The SMILES string of the molecule is CC(C)CN1C(=O)C(NC(=O)Nc2cccc(N3CCN(C)CC3)c2)N=C(C2CCCCCC2)c2ccccc21. The summed E-state index contributed by atoms with van der Waals surface area (Å²) in [6.45, 7) is 8.71. The number of carbonyl (C=O) groups is 2. The first-order valence-corrected chi connectivity index (χ1v) is 15.0. The van der Waals surface area contributed by atoms with Crippen LogP contribution in [0.4, 0.5) is 21.9 Å². The predicted molar refractivity (Wildman–Crippen MR) is 163 cm³/mol. The summed E-state index contributed by atoms with van der Waals surface area (Å²) >= 11 is 0. The molecule has 1 atom stereocenters. The summed E-state index contributed by atoms with van der Waals surface area (Å²) < 4.78 is 0. The highest BCUT2D eigenvalue weighted by molar-refractivity contribution is 6.14. The van der Waals surface area contributed by atoms with Crippen LogP contribution in [-0.2, 0) is 4.79 Å². The first kappa shape index (κ1) is 28.1. The molecule has 2 fully saturated rings. The number of benzene rings is 2. The number of fused-ring (bicyclic) bond motifs is 1. The molecule has 214 valence electrons. The third-order valence-corrected chi connectivity index (χ3v) is 8.27. The molecule has 3 amide bonds. The molecule has 1 unspecified atom stereocenters. The zero-order chi connectivity index (χ0) is 28.1. The third-order valence-electron chi connectivity index (χ3n) is 8.27. The highest BCUT2D eigenvalue weighted by atomic mass is 16.2. The van der Waals surface area contributed by atoms with E-state index in [0.29, 0.717) is 12.2 Å². The van der Waals surface area contributed by atoms with E-state index >= 15 is 0 Å². The lowest BCUT2D eigenvalue weighted by molar-refractivity contribution is -0.120. The molecule has 0 aromatic heterocycles. The van der Waals surface area contributed by atoms with Crippen molar-refractivity contribution in [3.63, 3.8) is 0 Å². The maximum atomic E-state index is 14.0. The van der Waals surface area contributed by atoms with Gasteiger partial charge in [0.25, 0.3) is 5.91 Å². The van der Waals surface area contributed by atoms with Crippen LogP contribution >= 0.6 is 0 Å². The van der Waals surface area contributed by atoms with E-state index in [1.54, 1.807) is 0 Å². The molecule has 0 bridgehead atoms. The van der Waals surface area contributed by atoms with Gasteiger partial charge in [-0.05, 0) is 50.1 Å². The number of benzodiazepines with no additional fused rings is 1. The quantitative estimate of drug-likeness (QED) is 0.481. The summed E-state index contributed by atoms with van der Waals surface area (Å²) in [7, 11) is 2.14. The van der Waals surface area contributed by atoms with E-state index < -0.39 is 12.2 Å². The van der Waals surface area contributed by atoms with Crippen LogP contribution in [0.1, 0.15) is 57.9 Å². The number of aliphatic imine (C=N–C) groups is 1. The van der Waals surface area contributed by atoms with E-state index in [-0.39, 0.29) is 17.7 Å². The van der Waals surface area contributed by atoms with Gasteiger partial charge in [0, 0.05) is 55.6 Å². The number of hydrogen-bond acceptors (Lipinski definition) is 5. The Morgan fingerprint density at radius 2 is 1.70 bits per heavy atom. The van der Waals surface area contributed by atoms with Gasteiger partial charge in [-0.25, -0.2) is 4.79 Å². The van der Waals surface area contributed by atoms with Crippen LogP contribution in [0.25, 0.3) is 0 Å². The number of rotatable bonds is 6. The molecule has 0 spiro atoms. The minimum absolute atomic E-state index is 0.189. The molecule has 5 rings (SSSR count). The molecule has 0 radical (unpaired) electrons. The van der Waals surface area contributed by atoms with E-state index in [0.717, 1.165) is 74.5 Å². The average molecular weight is 545 g/mol. The summed E-state index contributed by atoms with van der Waals surface area (Å²) in [5.41, 5.74) is 4.66. The number of carbonyl (C=O) groups excluding carboxylic acids is 2. The molecule has 8 nitrogen and oxygen atoms in total. The molecule has 1 aliphatic carbocycles. The predicted octanol–water partition coefficient (Wildman–Crippen LogP) is 5.35. The van der Waals surface area contributed by atoms with Gasteiger partial charge in [0.2, 0.25) is 6.17 Å². The van der Waals surface area contributed by atoms with Crippen LogP contribution < -0.4 is 20.4 Å². The smallest absolute Gasteiger partial charge is 0.321 e. The van der Waals surface area contributed by atoms with Gasteiger partial charge in [0.15, 0.2) is 0 Å². The lowest BCUT2D eigenvalue weighted by atomic mass is 9.89. The van der Waals surface area contributed by atoms with E-state index in [9.17, 15) is 9.59 Å². The second-order valence-corrected chi connectivity index (χ2v) is 11.9. The summed E-state index contributed by atoms with van der Waals surface area (Å²) in [5, 5.41) is 5.91. The lowest BCUT2D eigenvalue weighted by Crippen LogP contribution is -2.49. The number of amides is 3. The number of nitrogens with zero attached hydrogens (tertiary/aromatic N) is 4. The van der Waals surface area contributed by atoms with Crippen molar-refractivity contribution in [3.8, 4) is 0 Å². The van der Waals surface area contributed by atoms with Crippen LogP contribution in [0, 0.1) is 11.8 Å². The molecular weight excluding hydrogens is 500 g/mol. The fourth-order valence-electron chi connectivity index (χ4n) is 6.12. The Morgan fingerprint density at radius 1 is 0.975 bits per heavy atom. The molecule has 1 saturated heterocycles. The van der Waals surface area contributed by atoms with E-state index in [1.807, 2.05) is 41.3 Å². The topological polar surface area (TPSA) is 80.3 Å². The van der Waals surface area contributed by atoms with Crippen LogP contribution in [0.3, 0.4) is 0 Å². The summed E-state index contributed by atoms with van der Waals surface area (Å²) in [6, 6.07) is 15.6. The van der Waals surface area contributed by atoms with Gasteiger partial charge < -0.3 is 25.3 Å². The first-order valence-electron chi connectivity index (χ1n) is 15.0. The maximum absolute atomic E-state index is 14.0. The number of likely N-dealkylation sites (N-methyl/N-ethyl adjacent to an activating group) is 1. The van der Waals surface area contributed by atoms with Gasteiger partial charge in [0.1, 0.15) is 0 Å². The monoisotopic (exact) mass is 544 g/mol. The minimum atomic E-state index is -0.981. The molecule has 2 N–H and O–H groups in total. The Balaban J connectivity index is 1.40. The van der Waals surface area contributed by atoms with E-state index in [2.05, 4.69) is 53.5 Å². The summed E-state index contributed by atoms with van der Waals surface area (Å²) in [5.74, 6) is 0.359. The third kappa shape index (κ3) is 6.66. The van der Waals surface area contributed by atoms with Crippen LogP contribution in [-0.4, -0.2) is 68.5 Å². The van der Waals surface area contributed by atoms with Crippen LogP contribution in [0.15, 0.2) is 53.5 Å². The van der Waals surface area contributed by atoms with Crippen molar-refractivity contribution in [1.82, 2.24) is 10.2 Å². The molecule has 3 aliphatic rings. The summed E-state index contributed by atoms with van der Waals surface area (Å²) in [4.78, 5) is 38.8. The molecular formula is C32H44N6O2. The lowest BCUT2D eigenvalue weighted by Gasteiger charge is -2.34. The Bertz CT molecular complexity index is 1210. The number of urea groups is 1. The molecule has 2 aromatic rings. The van der Waals surface area contributed by atoms with Crippen molar-refractivity contribution in [2.75, 3.05) is 54.9 Å². The van der Waals surface area contributed by atoms with Crippen LogP contribution in [0.2, 0.25) is 0 Å². The van der Waals surface area contributed by atoms with Crippen molar-refractivity contribution in [3.05, 3.63) is 54.1 Å². The number of anilines is 3. The number of nitrogens with one attached hydrogen (secondary N) is 2. The van der Waals surface area contributed by atoms with Gasteiger partial charge in [0.05, 0.1) is 11.4 Å². The van der Waals surface area contributed by atoms with E-state index in [1.165, 1.54) is 12.8 Å². The molecule has 40 heavy (non-hydrogen) atoms. The van der Waals surface area contributed by atoms with Crippen molar-refractivity contribution >= 4 is 34.7 Å². The first-order chi connectivity index (χ1) is 19.4. The Morgan fingerprint density at radius 3 is 2.42 bits per heavy atom. The van der Waals surface area contributed by atoms with Gasteiger partial charge in [-0.2, -0.15) is 0 Å². The van der Waals surface area contributed by atoms with E-state index in [4.69, 9.17) is 4.99 Å². The van der Waals surface area contributed by atoms with Gasteiger partial charge in [-0.15, -0.1) is 0 Å². The molecule has 1 saturated carbocycles.